The lowest BCUT2D eigenvalue weighted by molar-refractivity contribution is -0.155. The van der Waals surface area contributed by atoms with Gasteiger partial charge in [-0.15, -0.1) is 0 Å². The Hall–Kier alpha value is -1.88. The van der Waals surface area contributed by atoms with Gasteiger partial charge in [0.05, 0.1) is 0 Å². The van der Waals surface area contributed by atoms with Crippen molar-refractivity contribution >= 4 is 11.9 Å². The number of carboxylic acid groups (broad SMARTS) is 1. The molecule has 0 aromatic heterocycles. The molecule has 3 rings (SSSR count). The maximum Gasteiger partial charge on any atom is 0.332 e. The van der Waals surface area contributed by atoms with Crippen LogP contribution < -0.4 is 0 Å². The van der Waals surface area contributed by atoms with Crippen LogP contribution in [0.25, 0.3) is 0 Å². The maximum atomic E-state index is 12.5. The lowest BCUT2D eigenvalue weighted by atomic mass is 9.89. The van der Waals surface area contributed by atoms with Gasteiger partial charge in [0.15, 0.2) is 6.10 Å². The van der Waals surface area contributed by atoms with Gasteiger partial charge in [-0.1, -0.05) is 38.1 Å². The standard InChI is InChI=1S/C21H29NO4/c1-14(2)17-5-3-15(4-6-17)13-16-9-11-22(12-10-16)20(23)18-7-8-19(26-18)21(24)25/h3-6,14,16,18-19H,7-13H2,1-2H3,(H,24,25)/t18-,19+/m0/s1. The van der Waals surface area contributed by atoms with Crippen LogP contribution in [-0.4, -0.2) is 47.2 Å². The highest BCUT2D eigenvalue weighted by atomic mass is 16.5. The predicted octanol–water partition coefficient (Wildman–Crippen LogP) is 3.22. The first-order valence-electron chi connectivity index (χ1n) is 9.70. The van der Waals surface area contributed by atoms with Gasteiger partial charge in [-0.25, -0.2) is 4.79 Å². The Morgan fingerprint density at radius 3 is 2.23 bits per heavy atom. The van der Waals surface area contributed by atoms with E-state index in [0.29, 0.717) is 24.7 Å². The van der Waals surface area contributed by atoms with Crippen LogP contribution >= 0.6 is 0 Å². The molecule has 0 saturated carbocycles. The minimum atomic E-state index is -0.970. The summed E-state index contributed by atoms with van der Waals surface area (Å²) < 4.78 is 5.40. The fraction of sp³-hybridized carbons (Fsp3) is 0.619. The average Bonchev–Trinajstić information content (AvgIpc) is 3.13. The van der Waals surface area contributed by atoms with Crippen molar-refractivity contribution in [2.75, 3.05) is 13.1 Å². The predicted molar refractivity (Wildman–Crippen MR) is 99.1 cm³/mol. The second-order valence-corrected chi connectivity index (χ2v) is 7.90. The second-order valence-electron chi connectivity index (χ2n) is 7.90. The summed E-state index contributed by atoms with van der Waals surface area (Å²) >= 11 is 0. The molecule has 5 nitrogen and oxygen atoms in total. The first-order valence-corrected chi connectivity index (χ1v) is 9.70. The topological polar surface area (TPSA) is 66.8 Å². The molecule has 0 radical (unpaired) electrons. The molecule has 0 bridgehead atoms. The van der Waals surface area contributed by atoms with E-state index in [2.05, 4.69) is 38.1 Å². The van der Waals surface area contributed by atoms with Crippen molar-refractivity contribution in [2.24, 2.45) is 5.92 Å². The molecule has 2 aliphatic heterocycles. The molecule has 5 heteroatoms. The molecule has 2 atom stereocenters. The number of carbonyl (C=O) groups excluding carboxylic acids is 1. The molecule has 2 saturated heterocycles. The number of amides is 1. The highest BCUT2D eigenvalue weighted by Gasteiger charge is 2.37. The summed E-state index contributed by atoms with van der Waals surface area (Å²) in [4.78, 5) is 25.4. The maximum absolute atomic E-state index is 12.5. The molecule has 2 aliphatic rings. The van der Waals surface area contributed by atoms with Gasteiger partial charge in [-0.3, -0.25) is 4.79 Å². The first-order chi connectivity index (χ1) is 12.4. The van der Waals surface area contributed by atoms with E-state index in [0.717, 1.165) is 32.4 Å². The van der Waals surface area contributed by atoms with Gasteiger partial charge in [-0.2, -0.15) is 0 Å². The quantitative estimate of drug-likeness (QED) is 0.876. The van der Waals surface area contributed by atoms with Crippen LogP contribution in [0.3, 0.4) is 0 Å². The summed E-state index contributed by atoms with van der Waals surface area (Å²) in [5.74, 6) is 0.146. The van der Waals surface area contributed by atoms with Crippen LogP contribution in [0, 0.1) is 5.92 Å². The van der Waals surface area contributed by atoms with Crippen molar-refractivity contribution in [3.05, 3.63) is 35.4 Å². The van der Waals surface area contributed by atoms with Crippen molar-refractivity contribution in [3.63, 3.8) is 0 Å². The third-order valence-corrected chi connectivity index (χ3v) is 5.67. The number of likely N-dealkylation sites (tertiary alicyclic amines) is 1. The highest BCUT2D eigenvalue weighted by molar-refractivity contribution is 5.82. The number of hydrogen-bond donors (Lipinski definition) is 1. The minimum Gasteiger partial charge on any atom is -0.479 e. The van der Waals surface area contributed by atoms with E-state index < -0.39 is 18.2 Å². The summed E-state index contributed by atoms with van der Waals surface area (Å²) in [5.41, 5.74) is 2.73. The largest absolute Gasteiger partial charge is 0.479 e. The van der Waals surface area contributed by atoms with Gasteiger partial charge in [0.1, 0.15) is 6.10 Å². The molecule has 1 amide bonds. The monoisotopic (exact) mass is 359 g/mol. The Morgan fingerprint density at radius 2 is 1.69 bits per heavy atom. The summed E-state index contributed by atoms with van der Waals surface area (Å²) in [7, 11) is 0. The van der Waals surface area contributed by atoms with Gasteiger partial charge in [0, 0.05) is 13.1 Å². The third kappa shape index (κ3) is 4.44. The number of benzene rings is 1. The number of rotatable bonds is 5. The molecule has 1 N–H and O–H groups in total. The zero-order valence-corrected chi connectivity index (χ0v) is 15.7. The molecular weight excluding hydrogens is 330 g/mol. The molecule has 2 heterocycles. The van der Waals surface area contributed by atoms with E-state index in [-0.39, 0.29) is 5.91 Å². The van der Waals surface area contributed by atoms with Crippen molar-refractivity contribution < 1.29 is 19.4 Å². The zero-order chi connectivity index (χ0) is 18.7. The van der Waals surface area contributed by atoms with Crippen LogP contribution in [0.5, 0.6) is 0 Å². The van der Waals surface area contributed by atoms with Crippen LogP contribution in [0.15, 0.2) is 24.3 Å². The number of hydrogen-bond acceptors (Lipinski definition) is 3. The molecule has 1 aromatic carbocycles. The smallest absolute Gasteiger partial charge is 0.332 e. The molecule has 0 spiro atoms. The number of carbonyl (C=O) groups is 2. The van der Waals surface area contributed by atoms with Crippen molar-refractivity contribution in [2.45, 2.75) is 64.1 Å². The number of nitrogens with zero attached hydrogens (tertiary/aromatic N) is 1. The highest BCUT2D eigenvalue weighted by Crippen LogP contribution is 2.26. The van der Waals surface area contributed by atoms with Gasteiger partial charge >= 0.3 is 5.97 Å². The van der Waals surface area contributed by atoms with Crippen molar-refractivity contribution in [1.29, 1.82) is 0 Å². The normalized spacial score (nSPS) is 24.2. The van der Waals surface area contributed by atoms with E-state index in [1.54, 1.807) is 0 Å². The molecular formula is C21H29NO4. The van der Waals surface area contributed by atoms with Gasteiger partial charge in [0.25, 0.3) is 5.91 Å². The fourth-order valence-electron chi connectivity index (χ4n) is 3.93. The molecule has 2 fully saturated rings. The Kier molecular flexibility index (Phi) is 5.97. The lowest BCUT2D eigenvalue weighted by Crippen LogP contribution is -2.44. The Bertz CT molecular complexity index is 632. The van der Waals surface area contributed by atoms with Crippen LogP contribution in [0.1, 0.15) is 56.6 Å². The summed E-state index contributed by atoms with van der Waals surface area (Å²) in [5, 5.41) is 9.00. The van der Waals surface area contributed by atoms with Crippen LogP contribution in [0.2, 0.25) is 0 Å². The Morgan fingerprint density at radius 1 is 1.08 bits per heavy atom. The Labute approximate surface area is 155 Å². The zero-order valence-electron chi connectivity index (χ0n) is 15.7. The number of carboxylic acids is 1. The number of ether oxygens (including phenoxy) is 1. The van der Waals surface area contributed by atoms with E-state index in [4.69, 9.17) is 9.84 Å². The van der Waals surface area contributed by atoms with Gasteiger partial charge in [0.2, 0.25) is 0 Å². The summed E-state index contributed by atoms with van der Waals surface area (Å²) in [6.07, 6.45) is 2.58. The van der Waals surface area contributed by atoms with Gasteiger partial charge in [-0.05, 0) is 55.1 Å². The summed E-state index contributed by atoms with van der Waals surface area (Å²) in [6, 6.07) is 8.89. The second kappa shape index (κ2) is 8.21. The van der Waals surface area contributed by atoms with E-state index in [9.17, 15) is 9.59 Å². The van der Waals surface area contributed by atoms with Gasteiger partial charge < -0.3 is 14.7 Å². The minimum absolute atomic E-state index is 0.0338. The van der Waals surface area contributed by atoms with E-state index in [1.165, 1.54) is 11.1 Å². The van der Waals surface area contributed by atoms with E-state index >= 15 is 0 Å². The number of piperidine rings is 1. The fourth-order valence-corrected chi connectivity index (χ4v) is 3.93. The molecule has 0 aliphatic carbocycles. The average molecular weight is 359 g/mol. The summed E-state index contributed by atoms with van der Waals surface area (Å²) in [6.45, 7) is 5.89. The van der Waals surface area contributed by atoms with Crippen molar-refractivity contribution in [1.82, 2.24) is 4.90 Å². The third-order valence-electron chi connectivity index (χ3n) is 5.67. The van der Waals surface area contributed by atoms with Crippen LogP contribution in [0.4, 0.5) is 0 Å². The van der Waals surface area contributed by atoms with Crippen LogP contribution in [-0.2, 0) is 20.7 Å². The molecule has 26 heavy (non-hydrogen) atoms. The first kappa shape index (κ1) is 18.9. The molecule has 0 unspecified atom stereocenters. The van der Waals surface area contributed by atoms with Crippen molar-refractivity contribution in [3.8, 4) is 0 Å². The number of aliphatic carboxylic acids is 1. The molecule has 142 valence electrons. The molecule has 1 aromatic rings. The lowest BCUT2D eigenvalue weighted by Gasteiger charge is -2.33. The Balaban J connectivity index is 1.46. The van der Waals surface area contributed by atoms with E-state index in [1.807, 2.05) is 4.90 Å². The SMILES string of the molecule is CC(C)c1ccc(CC2CCN(C(=O)[C@@H]3CC[C@H](C(=O)O)O3)CC2)cc1.